The van der Waals surface area contributed by atoms with Gasteiger partial charge in [0, 0.05) is 11.8 Å². The van der Waals surface area contributed by atoms with Crippen molar-refractivity contribution < 1.29 is 14.3 Å². The minimum atomic E-state index is -0.689. The molecule has 8 atom stereocenters. The van der Waals surface area contributed by atoms with Gasteiger partial charge < -0.3 is 9.47 Å². The van der Waals surface area contributed by atoms with Crippen LogP contribution in [-0.4, -0.2) is 17.3 Å². The zero-order valence-electron chi connectivity index (χ0n) is 12.8. The molecule has 4 fully saturated rings. The number of carbonyl (C=O) groups excluding carboxylic acids is 1. The Bertz CT molecular complexity index is 406. The predicted octanol–water partition coefficient (Wildman–Crippen LogP) is 5.14. The summed E-state index contributed by atoms with van der Waals surface area (Å²) in [5, 5.41) is 0. The topological polar surface area (TPSA) is 35.5 Å². The molecule has 0 aromatic carbocycles. The summed E-state index contributed by atoms with van der Waals surface area (Å²) in [5.41, 5.74) is -1.13. The van der Waals surface area contributed by atoms with Crippen molar-refractivity contribution in [1.29, 1.82) is 0 Å². The lowest BCUT2D eigenvalue weighted by atomic mass is 9.89. The Balaban J connectivity index is 1.26. The lowest BCUT2D eigenvalue weighted by Crippen LogP contribution is -2.30. The molecule has 0 aromatic rings. The van der Waals surface area contributed by atoms with Crippen LogP contribution in [-0.2, 0) is 9.47 Å². The van der Waals surface area contributed by atoms with Crippen molar-refractivity contribution in [1.82, 2.24) is 0 Å². The van der Waals surface area contributed by atoms with E-state index in [1.165, 1.54) is 38.5 Å². The van der Waals surface area contributed by atoms with E-state index in [9.17, 15) is 4.79 Å². The maximum atomic E-state index is 12.0. The minimum Gasteiger partial charge on any atom is -0.414 e. The maximum absolute atomic E-state index is 12.0. The Morgan fingerprint density at radius 2 is 1.23 bits per heavy atom. The molecule has 4 saturated carbocycles. The van der Waals surface area contributed by atoms with Gasteiger partial charge in [-0.1, -0.05) is 36.0 Å². The highest BCUT2D eigenvalue weighted by Crippen LogP contribution is 2.52. The lowest BCUT2D eigenvalue weighted by molar-refractivity contribution is -0.000993. The van der Waals surface area contributed by atoms with Crippen molar-refractivity contribution >= 4 is 29.4 Å². The van der Waals surface area contributed by atoms with Gasteiger partial charge in [0.05, 0.1) is 0 Å². The molecule has 4 rings (SSSR count). The third kappa shape index (κ3) is 2.84. The molecule has 22 heavy (non-hydrogen) atoms. The van der Waals surface area contributed by atoms with Crippen LogP contribution >= 0.6 is 23.2 Å². The quantitative estimate of drug-likeness (QED) is 0.522. The summed E-state index contributed by atoms with van der Waals surface area (Å²) < 4.78 is 10.6. The first kappa shape index (κ1) is 15.4. The molecule has 4 aliphatic rings. The molecule has 0 amide bonds. The van der Waals surface area contributed by atoms with Crippen LogP contribution in [0.25, 0.3) is 0 Å². The molecule has 5 heteroatoms. The van der Waals surface area contributed by atoms with E-state index in [1.54, 1.807) is 0 Å². The van der Waals surface area contributed by atoms with E-state index in [-0.39, 0.29) is 0 Å². The monoisotopic (exact) mass is 346 g/mol. The third-order valence-corrected chi connectivity index (χ3v) is 7.50. The Hall–Kier alpha value is -0.150. The van der Waals surface area contributed by atoms with Crippen LogP contribution < -0.4 is 0 Å². The molecular formula is C17H24Cl2O3. The average molecular weight is 347 g/mol. The molecule has 0 heterocycles. The molecule has 2 unspecified atom stereocenters. The van der Waals surface area contributed by atoms with Gasteiger partial charge in [-0.05, 0) is 62.2 Å². The van der Waals surface area contributed by atoms with Crippen LogP contribution in [0.1, 0.15) is 51.4 Å². The van der Waals surface area contributed by atoms with Gasteiger partial charge in [0.2, 0.25) is 0 Å². The van der Waals surface area contributed by atoms with Crippen molar-refractivity contribution in [2.75, 3.05) is 0 Å². The van der Waals surface area contributed by atoms with Gasteiger partial charge in [0.15, 0.2) is 11.1 Å². The van der Waals surface area contributed by atoms with Crippen molar-refractivity contribution in [3.8, 4) is 0 Å². The van der Waals surface area contributed by atoms with E-state index in [0.29, 0.717) is 23.7 Å². The van der Waals surface area contributed by atoms with Crippen molar-refractivity contribution in [2.45, 2.75) is 62.5 Å². The first-order chi connectivity index (χ1) is 10.6. The molecule has 0 saturated heterocycles. The van der Waals surface area contributed by atoms with Gasteiger partial charge in [-0.25, -0.2) is 4.79 Å². The molecule has 124 valence electrons. The summed E-state index contributed by atoms with van der Waals surface area (Å²) in [5.74, 6) is 3.40. The van der Waals surface area contributed by atoms with Crippen LogP contribution in [0.15, 0.2) is 0 Å². The van der Waals surface area contributed by atoms with Gasteiger partial charge in [-0.2, -0.15) is 0 Å². The van der Waals surface area contributed by atoms with Crippen molar-refractivity contribution in [3.05, 3.63) is 0 Å². The minimum absolute atomic E-state index is 0.296. The summed E-state index contributed by atoms with van der Waals surface area (Å²) >= 11 is 12.6. The average Bonchev–Trinajstić information content (AvgIpc) is 3.26. The number of ether oxygens (including phenoxy) is 2. The van der Waals surface area contributed by atoms with Gasteiger partial charge in [-0.15, -0.1) is 0 Å². The Labute approximate surface area is 142 Å². The Morgan fingerprint density at radius 1 is 0.773 bits per heavy atom. The van der Waals surface area contributed by atoms with Gasteiger partial charge in [0.1, 0.15) is 0 Å². The number of hydrogen-bond acceptors (Lipinski definition) is 3. The zero-order valence-corrected chi connectivity index (χ0v) is 14.3. The second-order valence-corrected chi connectivity index (χ2v) is 8.73. The lowest BCUT2D eigenvalue weighted by Gasteiger charge is -2.28. The SMILES string of the molecule is O=C(OC(Cl)[C@H]1C[C@H]2CC[C@@H]1C2)OC(Cl)[C@H]1C[C@H]2CC[C@@H]1C2. The fourth-order valence-corrected chi connectivity index (χ4v) is 6.38. The molecule has 3 nitrogen and oxygen atoms in total. The first-order valence-corrected chi connectivity index (χ1v) is 9.63. The Kier molecular flexibility index (Phi) is 4.23. The second-order valence-electron chi connectivity index (χ2n) is 7.87. The highest BCUT2D eigenvalue weighted by Gasteiger charge is 2.46. The molecular weight excluding hydrogens is 323 g/mol. The molecule has 4 aliphatic carbocycles. The van der Waals surface area contributed by atoms with E-state index in [1.807, 2.05) is 0 Å². The molecule has 0 N–H and O–H groups in total. The Morgan fingerprint density at radius 3 is 1.55 bits per heavy atom. The van der Waals surface area contributed by atoms with E-state index < -0.39 is 17.3 Å². The van der Waals surface area contributed by atoms with Crippen molar-refractivity contribution in [2.24, 2.45) is 35.5 Å². The highest BCUT2D eigenvalue weighted by molar-refractivity contribution is 6.21. The first-order valence-electron chi connectivity index (χ1n) is 8.75. The summed E-state index contributed by atoms with van der Waals surface area (Å²) in [6.45, 7) is 0. The van der Waals surface area contributed by atoms with E-state index >= 15 is 0 Å². The van der Waals surface area contributed by atoms with E-state index in [0.717, 1.165) is 24.7 Å². The van der Waals surface area contributed by atoms with Crippen LogP contribution in [0.2, 0.25) is 0 Å². The fourth-order valence-electron chi connectivity index (χ4n) is 5.62. The van der Waals surface area contributed by atoms with Crippen LogP contribution in [0.4, 0.5) is 4.79 Å². The number of carbonyl (C=O) groups is 1. The smallest absolute Gasteiger partial charge is 0.414 e. The summed E-state index contributed by atoms with van der Waals surface area (Å²) in [6, 6.07) is 0. The van der Waals surface area contributed by atoms with Crippen molar-refractivity contribution in [3.63, 3.8) is 0 Å². The standard InChI is InChI=1S/C17H24Cl2O3/c18-15(13-7-9-1-3-11(13)5-9)21-17(20)22-16(19)14-8-10-2-4-12(14)6-10/h9-16H,1-8H2/t9-,10-,11+,12+,13-,14-,15?,16?/m0/s1. The molecule has 0 aromatic heterocycles. The number of halogens is 2. The number of rotatable bonds is 4. The normalized spacial score (nSPS) is 45.0. The van der Waals surface area contributed by atoms with Gasteiger partial charge in [-0.3, -0.25) is 0 Å². The fraction of sp³-hybridized carbons (Fsp3) is 0.941. The molecule has 4 bridgehead atoms. The summed E-state index contributed by atoms with van der Waals surface area (Å²) in [6.07, 6.45) is 9.04. The van der Waals surface area contributed by atoms with Crippen LogP contribution in [0, 0.1) is 35.5 Å². The third-order valence-electron chi connectivity index (χ3n) is 6.68. The van der Waals surface area contributed by atoms with E-state index in [4.69, 9.17) is 32.7 Å². The number of fused-ring (bicyclic) bond motifs is 4. The molecule has 0 radical (unpaired) electrons. The summed E-state index contributed by atoms with van der Waals surface area (Å²) in [4.78, 5) is 12.0. The van der Waals surface area contributed by atoms with E-state index in [2.05, 4.69) is 0 Å². The highest BCUT2D eigenvalue weighted by atomic mass is 35.5. The maximum Gasteiger partial charge on any atom is 0.511 e. The zero-order chi connectivity index (χ0) is 15.3. The number of alkyl halides is 2. The largest absolute Gasteiger partial charge is 0.511 e. The predicted molar refractivity (Wildman–Crippen MR) is 84.7 cm³/mol. The number of hydrogen-bond donors (Lipinski definition) is 0. The van der Waals surface area contributed by atoms with Gasteiger partial charge in [0.25, 0.3) is 0 Å². The molecule has 0 spiro atoms. The second kappa shape index (κ2) is 6.05. The van der Waals surface area contributed by atoms with Gasteiger partial charge >= 0.3 is 6.16 Å². The summed E-state index contributed by atoms with van der Waals surface area (Å²) in [7, 11) is 0. The van der Waals surface area contributed by atoms with Crippen LogP contribution in [0.5, 0.6) is 0 Å². The van der Waals surface area contributed by atoms with Crippen LogP contribution in [0.3, 0.4) is 0 Å². The molecule has 0 aliphatic heterocycles.